The van der Waals surface area contributed by atoms with Gasteiger partial charge in [-0.25, -0.2) is 0 Å². The van der Waals surface area contributed by atoms with Crippen LogP contribution in [0.3, 0.4) is 0 Å². The number of hydrogen-bond acceptors (Lipinski definition) is 3. The molecule has 1 atom stereocenters. The van der Waals surface area contributed by atoms with Crippen molar-refractivity contribution < 1.29 is 4.74 Å². The van der Waals surface area contributed by atoms with E-state index in [1.807, 2.05) is 12.1 Å². The van der Waals surface area contributed by atoms with Gasteiger partial charge >= 0.3 is 0 Å². The molecular formula is C18H32N2O. The van der Waals surface area contributed by atoms with Crippen LogP contribution in [0.15, 0.2) is 24.3 Å². The van der Waals surface area contributed by atoms with Gasteiger partial charge in [-0.1, -0.05) is 32.9 Å². The minimum atomic E-state index is 0.0684. The van der Waals surface area contributed by atoms with Gasteiger partial charge in [0.25, 0.3) is 0 Å². The van der Waals surface area contributed by atoms with Crippen molar-refractivity contribution in [2.24, 2.45) is 11.7 Å². The second-order valence-corrected chi connectivity index (χ2v) is 6.48. The molecule has 1 aromatic rings. The molecule has 21 heavy (non-hydrogen) atoms. The molecule has 1 unspecified atom stereocenters. The van der Waals surface area contributed by atoms with Gasteiger partial charge in [-0.15, -0.1) is 0 Å². The summed E-state index contributed by atoms with van der Waals surface area (Å²) in [7, 11) is 1.70. The standard InChI is InChI=1S/C18H32N2O/c1-6-20(13-15(2)3)18(4,14-19)12-11-16-7-9-17(21-5)10-8-16/h7-10,15H,6,11-14,19H2,1-5H3. The largest absolute Gasteiger partial charge is 0.497 e. The molecule has 0 aliphatic heterocycles. The zero-order valence-electron chi connectivity index (χ0n) is 14.4. The molecule has 0 fully saturated rings. The zero-order valence-corrected chi connectivity index (χ0v) is 14.4. The predicted octanol–water partition coefficient (Wildman–Crippen LogP) is 3.32. The van der Waals surface area contributed by atoms with Gasteiger partial charge in [0.1, 0.15) is 5.75 Å². The Morgan fingerprint density at radius 2 is 1.86 bits per heavy atom. The van der Waals surface area contributed by atoms with Crippen LogP contribution in [0, 0.1) is 5.92 Å². The van der Waals surface area contributed by atoms with Gasteiger partial charge in [0.15, 0.2) is 0 Å². The summed E-state index contributed by atoms with van der Waals surface area (Å²) in [5.74, 6) is 1.58. The molecule has 3 heteroatoms. The molecule has 1 aromatic carbocycles. The van der Waals surface area contributed by atoms with E-state index in [4.69, 9.17) is 10.5 Å². The molecule has 2 N–H and O–H groups in total. The molecular weight excluding hydrogens is 260 g/mol. The highest BCUT2D eigenvalue weighted by Crippen LogP contribution is 2.23. The van der Waals surface area contributed by atoms with E-state index in [-0.39, 0.29) is 5.54 Å². The number of ether oxygens (including phenoxy) is 1. The van der Waals surface area contributed by atoms with Crippen molar-refractivity contribution in [2.45, 2.75) is 46.1 Å². The number of aryl methyl sites for hydroxylation is 1. The Morgan fingerprint density at radius 1 is 1.24 bits per heavy atom. The lowest BCUT2D eigenvalue weighted by molar-refractivity contribution is 0.0940. The van der Waals surface area contributed by atoms with Gasteiger partial charge < -0.3 is 10.5 Å². The van der Waals surface area contributed by atoms with Crippen LogP contribution in [0.25, 0.3) is 0 Å². The lowest BCUT2D eigenvalue weighted by Crippen LogP contribution is -2.53. The van der Waals surface area contributed by atoms with Gasteiger partial charge in [-0.05, 0) is 49.9 Å². The molecule has 1 rings (SSSR count). The monoisotopic (exact) mass is 292 g/mol. The lowest BCUT2D eigenvalue weighted by atomic mass is 9.90. The second-order valence-electron chi connectivity index (χ2n) is 6.48. The summed E-state index contributed by atoms with van der Waals surface area (Å²) in [6.07, 6.45) is 2.13. The Hall–Kier alpha value is -1.06. The van der Waals surface area contributed by atoms with Crippen molar-refractivity contribution in [1.82, 2.24) is 4.90 Å². The van der Waals surface area contributed by atoms with Crippen molar-refractivity contribution in [3.05, 3.63) is 29.8 Å². The number of likely N-dealkylation sites (N-methyl/N-ethyl adjacent to an activating group) is 1. The Bertz CT molecular complexity index is 402. The van der Waals surface area contributed by atoms with Crippen molar-refractivity contribution in [2.75, 3.05) is 26.7 Å². The normalized spacial score (nSPS) is 14.5. The number of methoxy groups -OCH3 is 1. The van der Waals surface area contributed by atoms with E-state index in [2.05, 4.69) is 44.7 Å². The van der Waals surface area contributed by atoms with Crippen LogP contribution in [0.1, 0.15) is 39.7 Å². The van der Waals surface area contributed by atoms with Crippen LogP contribution >= 0.6 is 0 Å². The topological polar surface area (TPSA) is 38.5 Å². The van der Waals surface area contributed by atoms with E-state index in [0.29, 0.717) is 12.5 Å². The fourth-order valence-electron chi connectivity index (χ4n) is 2.77. The Kier molecular flexibility index (Phi) is 7.20. The van der Waals surface area contributed by atoms with Crippen LogP contribution in [0.5, 0.6) is 5.75 Å². The average Bonchev–Trinajstić information content (AvgIpc) is 2.50. The minimum Gasteiger partial charge on any atom is -0.497 e. The highest BCUT2D eigenvalue weighted by molar-refractivity contribution is 5.27. The Labute approximate surface area is 130 Å². The van der Waals surface area contributed by atoms with E-state index >= 15 is 0 Å². The van der Waals surface area contributed by atoms with E-state index in [9.17, 15) is 0 Å². The summed E-state index contributed by atoms with van der Waals surface area (Å²) < 4.78 is 5.21. The smallest absolute Gasteiger partial charge is 0.118 e. The molecule has 120 valence electrons. The van der Waals surface area contributed by atoms with E-state index in [1.165, 1.54) is 5.56 Å². The predicted molar refractivity (Wildman–Crippen MR) is 90.9 cm³/mol. The Balaban J connectivity index is 2.70. The van der Waals surface area contributed by atoms with Crippen molar-refractivity contribution in [3.63, 3.8) is 0 Å². The molecule has 3 nitrogen and oxygen atoms in total. The van der Waals surface area contributed by atoms with E-state index in [0.717, 1.165) is 31.7 Å². The van der Waals surface area contributed by atoms with Crippen molar-refractivity contribution in [3.8, 4) is 5.75 Å². The van der Waals surface area contributed by atoms with Crippen LogP contribution in [-0.2, 0) is 6.42 Å². The summed E-state index contributed by atoms with van der Waals surface area (Å²) in [6, 6.07) is 8.35. The first-order valence-corrected chi connectivity index (χ1v) is 8.03. The maximum Gasteiger partial charge on any atom is 0.118 e. The van der Waals surface area contributed by atoms with Crippen molar-refractivity contribution in [1.29, 1.82) is 0 Å². The third-order valence-electron chi connectivity index (χ3n) is 4.28. The number of nitrogens with two attached hydrogens (primary N) is 1. The fraction of sp³-hybridized carbons (Fsp3) is 0.667. The van der Waals surface area contributed by atoms with Crippen LogP contribution in [0.4, 0.5) is 0 Å². The van der Waals surface area contributed by atoms with Gasteiger partial charge in [0.05, 0.1) is 7.11 Å². The van der Waals surface area contributed by atoms with E-state index in [1.54, 1.807) is 7.11 Å². The Morgan fingerprint density at radius 3 is 2.29 bits per heavy atom. The van der Waals surface area contributed by atoms with Gasteiger partial charge in [0.2, 0.25) is 0 Å². The number of rotatable bonds is 9. The quantitative estimate of drug-likeness (QED) is 0.759. The molecule has 0 saturated carbocycles. The van der Waals surface area contributed by atoms with Crippen LogP contribution in [0.2, 0.25) is 0 Å². The first-order valence-electron chi connectivity index (χ1n) is 8.03. The summed E-state index contributed by atoms with van der Waals surface area (Å²) in [5.41, 5.74) is 7.52. The molecule has 0 spiro atoms. The maximum absolute atomic E-state index is 6.11. The molecule has 0 bridgehead atoms. The lowest BCUT2D eigenvalue weighted by Gasteiger charge is -2.41. The number of hydrogen-bond donors (Lipinski definition) is 1. The fourth-order valence-corrected chi connectivity index (χ4v) is 2.77. The summed E-state index contributed by atoms with van der Waals surface area (Å²) in [4.78, 5) is 2.53. The molecule has 0 aromatic heterocycles. The molecule has 0 amide bonds. The molecule has 0 aliphatic rings. The third kappa shape index (κ3) is 5.33. The van der Waals surface area contributed by atoms with Crippen LogP contribution < -0.4 is 10.5 Å². The van der Waals surface area contributed by atoms with Crippen LogP contribution in [-0.4, -0.2) is 37.2 Å². The minimum absolute atomic E-state index is 0.0684. The van der Waals surface area contributed by atoms with E-state index < -0.39 is 0 Å². The highest BCUT2D eigenvalue weighted by Gasteiger charge is 2.29. The zero-order chi connectivity index (χ0) is 15.9. The number of benzene rings is 1. The molecule has 0 radical (unpaired) electrons. The summed E-state index contributed by atoms with van der Waals surface area (Å²) in [5, 5.41) is 0. The SMILES string of the molecule is CCN(CC(C)C)C(C)(CN)CCc1ccc(OC)cc1. The highest BCUT2D eigenvalue weighted by atomic mass is 16.5. The first kappa shape index (κ1) is 18.0. The first-order chi connectivity index (χ1) is 9.95. The number of nitrogens with zero attached hydrogens (tertiary/aromatic N) is 1. The third-order valence-corrected chi connectivity index (χ3v) is 4.28. The van der Waals surface area contributed by atoms with Gasteiger partial charge in [-0.3, -0.25) is 4.90 Å². The van der Waals surface area contributed by atoms with Crippen molar-refractivity contribution >= 4 is 0 Å². The average molecular weight is 292 g/mol. The second kappa shape index (κ2) is 8.40. The molecule has 0 heterocycles. The molecule has 0 saturated heterocycles. The molecule has 0 aliphatic carbocycles. The summed E-state index contributed by atoms with van der Waals surface area (Å²) >= 11 is 0. The van der Waals surface area contributed by atoms with Gasteiger partial charge in [-0.2, -0.15) is 0 Å². The van der Waals surface area contributed by atoms with Gasteiger partial charge in [0, 0.05) is 18.6 Å². The summed E-state index contributed by atoms with van der Waals surface area (Å²) in [6.45, 7) is 11.9. The maximum atomic E-state index is 6.11.